The van der Waals surface area contributed by atoms with Gasteiger partial charge in [0.15, 0.2) is 0 Å². The molecule has 0 spiro atoms. The van der Waals surface area contributed by atoms with Gasteiger partial charge in [-0.05, 0) is 33.6 Å². The molecule has 110 valence electrons. The molecule has 1 rings (SSSR count). The predicted octanol–water partition coefficient (Wildman–Crippen LogP) is 1.47. The van der Waals surface area contributed by atoms with Crippen LogP contribution in [0.4, 0.5) is 4.79 Å². The summed E-state index contributed by atoms with van der Waals surface area (Å²) in [5.41, 5.74) is -0.552. The highest BCUT2D eigenvalue weighted by molar-refractivity contribution is 5.68. The smallest absolute Gasteiger partial charge is 0.410 e. The van der Waals surface area contributed by atoms with Crippen LogP contribution >= 0.6 is 0 Å². The summed E-state index contributed by atoms with van der Waals surface area (Å²) in [5, 5.41) is 18.5. The third-order valence-corrected chi connectivity index (χ3v) is 3.07. The van der Waals surface area contributed by atoms with Gasteiger partial charge in [0.1, 0.15) is 5.60 Å². The number of likely N-dealkylation sites (tertiary alicyclic amines) is 1. The Morgan fingerprint density at radius 2 is 2.00 bits per heavy atom. The van der Waals surface area contributed by atoms with Gasteiger partial charge < -0.3 is 19.8 Å². The Balaban J connectivity index is 2.53. The van der Waals surface area contributed by atoms with Crippen molar-refractivity contribution in [1.82, 2.24) is 4.90 Å². The molecule has 1 fully saturated rings. The highest BCUT2D eigenvalue weighted by Crippen LogP contribution is 2.23. The number of ether oxygens (including phenoxy) is 1. The van der Waals surface area contributed by atoms with Gasteiger partial charge in [-0.1, -0.05) is 0 Å². The van der Waals surface area contributed by atoms with Crippen molar-refractivity contribution in [3.05, 3.63) is 0 Å². The molecule has 0 bridgehead atoms. The van der Waals surface area contributed by atoms with Gasteiger partial charge in [0.05, 0.1) is 6.10 Å². The van der Waals surface area contributed by atoms with Gasteiger partial charge in [0.2, 0.25) is 0 Å². The van der Waals surface area contributed by atoms with E-state index in [1.165, 1.54) is 0 Å². The van der Waals surface area contributed by atoms with Crippen molar-refractivity contribution in [1.29, 1.82) is 0 Å². The number of nitrogens with zero attached hydrogens (tertiary/aromatic N) is 1. The molecule has 0 aromatic heterocycles. The lowest BCUT2D eigenvalue weighted by Gasteiger charge is -2.36. The molecule has 0 aromatic carbocycles. The zero-order valence-electron chi connectivity index (χ0n) is 11.8. The fourth-order valence-electron chi connectivity index (χ4n) is 2.10. The first kappa shape index (κ1) is 15.8. The summed E-state index contributed by atoms with van der Waals surface area (Å²) in [4.78, 5) is 24.0. The third-order valence-electron chi connectivity index (χ3n) is 3.07. The first-order chi connectivity index (χ1) is 8.69. The largest absolute Gasteiger partial charge is 0.481 e. The number of amides is 1. The number of rotatable bonds is 3. The molecule has 1 amide bonds. The lowest BCUT2D eigenvalue weighted by molar-refractivity contribution is -0.137. The SMILES string of the molecule is CC(C)(C)OC(=O)N1CC[C@H](O)[C@@H](CCC(=O)O)C1. The first-order valence-electron chi connectivity index (χ1n) is 6.57. The van der Waals surface area contributed by atoms with Gasteiger partial charge in [-0.25, -0.2) is 4.79 Å². The van der Waals surface area contributed by atoms with Crippen molar-refractivity contribution in [2.45, 2.75) is 51.7 Å². The number of piperidine rings is 1. The van der Waals surface area contributed by atoms with Crippen molar-refractivity contribution in [3.63, 3.8) is 0 Å². The molecule has 1 heterocycles. The van der Waals surface area contributed by atoms with E-state index >= 15 is 0 Å². The van der Waals surface area contributed by atoms with Crippen LogP contribution < -0.4 is 0 Å². The number of aliphatic hydroxyl groups excluding tert-OH is 1. The Morgan fingerprint density at radius 1 is 1.37 bits per heavy atom. The van der Waals surface area contributed by atoms with Crippen molar-refractivity contribution in [2.75, 3.05) is 13.1 Å². The maximum Gasteiger partial charge on any atom is 0.410 e. The van der Waals surface area contributed by atoms with Gasteiger partial charge in [0.25, 0.3) is 0 Å². The molecular formula is C13H23NO5. The minimum atomic E-state index is -0.887. The lowest BCUT2D eigenvalue weighted by atomic mass is 9.91. The number of carbonyl (C=O) groups excluding carboxylic acids is 1. The number of hydrogen-bond acceptors (Lipinski definition) is 4. The number of aliphatic hydroxyl groups is 1. The van der Waals surface area contributed by atoms with Gasteiger partial charge in [-0.2, -0.15) is 0 Å². The normalized spacial score (nSPS) is 24.1. The van der Waals surface area contributed by atoms with Crippen molar-refractivity contribution in [2.24, 2.45) is 5.92 Å². The van der Waals surface area contributed by atoms with E-state index in [1.54, 1.807) is 25.7 Å². The Labute approximate surface area is 113 Å². The molecule has 0 unspecified atom stereocenters. The van der Waals surface area contributed by atoms with E-state index in [0.29, 0.717) is 25.9 Å². The van der Waals surface area contributed by atoms with Crippen molar-refractivity contribution in [3.8, 4) is 0 Å². The zero-order chi connectivity index (χ0) is 14.6. The van der Waals surface area contributed by atoms with Crippen LogP contribution in [0.3, 0.4) is 0 Å². The molecule has 6 nitrogen and oxygen atoms in total. The van der Waals surface area contributed by atoms with Gasteiger partial charge in [-0.3, -0.25) is 4.79 Å². The second kappa shape index (κ2) is 6.23. The van der Waals surface area contributed by atoms with E-state index in [-0.39, 0.29) is 12.3 Å². The Kier molecular flexibility index (Phi) is 5.17. The fourth-order valence-corrected chi connectivity index (χ4v) is 2.10. The summed E-state index contributed by atoms with van der Waals surface area (Å²) in [6.07, 6.45) is -0.110. The molecule has 0 aromatic rings. The van der Waals surface area contributed by atoms with Crippen molar-refractivity contribution >= 4 is 12.1 Å². The van der Waals surface area contributed by atoms with E-state index in [0.717, 1.165) is 0 Å². The van der Waals surface area contributed by atoms with E-state index < -0.39 is 23.8 Å². The van der Waals surface area contributed by atoms with Crippen LogP contribution in [0.2, 0.25) is 0 Å². The monoisotopic (exact) mass is 273 g/mol. The number of carboxylic acids is 1. The molecule has 6 heteroatoms. The average Bonchev–Trinajstić information content (AvgIpc) is 2.25. The van der Waals surface area contributed by atoms with E-state index in [4.69, 9.17) is 9.84 Å². The summed E-state index contributed by atoms with van der Waals surface area (Å²) in [5.74, 6) is -1.08. The summed E-state index contributed by atoms with van der Waals surface area (Å²) in [6, 6.07) is 0. The topological polar surface area (TPSA) is 87.1 Å². The van der Waals surface area contributed by atoms with Crippen LogP contribution in [0.5, 0.6) is 0 Å². The molecule has 1 aliphatic heterocycles. The Morgan fingerprint density at radius 3 is 2.53 bits per heavy atom. The summed E-state index contributed by atoms with van der Waals surface area (Å²) in [6.45, 7) is 6.19. The number of aliphatic carboxylic acids is 1. The fraction of sp³-hybridized carbons (Fsp3) is 0.846. The minimum Gasteiger partial charge on any atom is -0.481 e. The Bertz CT molecular complexity index is 336. The average molecular weight is 273 g/mol. The van der Waals surface area contributed by atoms with E-state index in [2.05, 4.69) is 0 Å². The maximum atomic E-state index is 11.9. The molecule has 1 aliphatic rings. The van der Waals surface area contributed by atoms with Gasteiger partial charge >= 0.3 is 12.1 Å². The van der Waals surface area contributed by atoms with E-state index in [9.17, 15) is 14.7 Å². The Hall–Kier alpha value is -1.30. The molecule has 0 radical (unpaired) electrons. The maximum absolute atomic E-state index is 11.9. The van der Waals surface area contributed by atoms with Crippen LogP contribution in [0, 0.1) is 5.92 Å². The second-order valence-corrected chi connectivity index (χ2v) is 5.97. The molecule has 19 heavy (non-hydrogen) atoms. The standard InChI is InChI=1S/C13H23NO5/c1-13(2,3)19-12(18)14-7-6-10(15)9(8-14)4-5-11(16)17/h9-10,15H,4-8H2,1-3H3,(H,16,17)/t9-,10-/m0/s1. The number of carbonyl (C=O) groups is 2. The quantitative estimate of drug-likeness (QED) is 0.813. The second-order valence-electron chi connectivity index (χ2n) is 5.97. The molecular weight excluding hydrogens is 250 g/mol. The van der Waals surface area contributed by atoms with Crippen LogP contribution in [0.1, 0.15) is 40.0 Å². The van der Waals surface area contributed by atoms with Crippen LogP contribution in [-0.2, 0) is 9.53 Å². The summed E-state index contributed by atoms with van der Waals surface area (Å²) in [7, 11) is 0. The molecule has 1 saturated heterocycles. The molecule has 2 N–H and O–H groups in total. The highest BCUT2D eigenvalue weighted by Gasteiger charge is 2.32. The predicted molar refractivity (Wildman–Crippen MR) is 68.8 cm³/mol. The molecule has 0 aliphatic carbocycles. The lowest BCUT2D eigenvalue weighted by Crippen LogP contribution is -2.47. The third kappa shape index (κ3) is 5.46. The summed E-state index contributed by atoms with van der Waals surface area (Å²) < 4.78 is 5.28. The highest BCUT2D eigenvalue weighted by atomic mass is 16.6. The minimum absolute atomic E-state index is 0.00385. The van der Waals surface area contributed by atoms with Crippen molar-refractivity contribution < 1.29 is 24.5 Å². The van der Waals surface area contributed by atoms with Gasteiger partial charge in [0, 0.05) is 25.4 Å². The van der Waals surface area contributed by atoms with Crippen LogP contribution in [0.15, 0.2) is 0 Å². The molecule has 2 atom stereocenters. The van der Waals surface area contributed by atoms with E-state index in [1.807, 2.05) is 0 Å². The zero-order valence-corrected chi connectivity index (χ0v) is 11.8. The van der Waals surface area contributed by atoms with Gasteiger partial charge in [-0.15, -0.1) is 0 Å². The summed E-state index contributed by atoms with van der Waals surface area (Å²) >= 11 is 0. The number of carboxylic acid groups (broad SMARTS) is 1. The first-order valence-corrected chi connectivity index (χ1v) is 6.57. The number of hydrogen-bond donors (Lipinski definition) is 2. The van der Waals surface area contributed by atoms with Crippen LogP contribution in [-0.4, -0.2) is 52.0 Å². The van der Waals surface area contributed by atoms with Crippen LogP contribution in [0.25, 0.3) is 0 Å². The molecule has 0 saturated carbocycles.